The minimum Gasteiger partial charge on any atom is -0.444 e. The number of benzene rings is 3. The highest BCUT2D eigenvalue weighted by Gasteiger charge is 2.39. The SMILES string of the molecule is CC(C)(C)OC(=O)Nc1ccc(-c2nc3ccccc3cc2C(=O)Nc2ccc(CO[Si](C)(C)C(C)(C)C)c(C(F)(F)F)c2)cc1. The highest BCUT2D eigenvalue weighted by Crippen LogP contribution is 2.39. The molecule has 7 nitrogen and oxygen atoms in total. The second kappa shape index (κ2) is 12.9. The first-order chi connectivity index (χ1) is 21.2. The van der Waals surface area contributed by atoms with Crippen LogP contribution in [-0.2, 0) is 21.9 Å². The predicted molar refractivity (Wildman–Crippen MR) is 178 cm³/mol. The van der Waals surface area contributed by atoms with Gasteiger partial charge in [-0.2, -0.15) is 13.2 Å². The number of ether oxygens (including phenoxy) is 1. The average Bonchev–Trinajstić information content (AvgIpc) is 2.94. The molecule has 1 aromatic heterocycles. The lowest BCUT2D eigenvalue weighted by atomic mass is 10.0. The molecule has 0 spiro atoms. The van der Waals surface area contributed by atoms with Gasteiger partial charge in [0.05, 0.1) is 28.9 Å². The van der Waals surface area contributed by atoms with E-state index in [2.05, 4.69) is 10.6 Å². The Hall–Kier alpha value is -4.22. The van der Waals surface area contributed by atoms with Crippen molar-refractivity contribution in [3.63, 3.8) is 0 Å². The van der Waals surface area contributed by atoms with Crippen molar-refractivity contribution in [2.45, 2.75) is 78.1 Å². The maximum Gasteiger partial charge on any atom is 0.416 e. The third kappa shape index (κ3) is 8.52. The zero-order chi connectivity index (χ0) is 34.1. The Morgan fingerprint density at radius 1 is 0.826 bits per heavy atom. The minimum absolute atomic E-state index is 0.00321. The van der Waals surface area contributed by atoms with Crippen LogP contribution in [0.5, 0.6) is 0 Å². The summed E-state index contributed by atoms with van der Waals surface area (Å²) < 4.78 is 54.0. The molecule has 0 atom stereocenters. The number of hydrogen-bond acceptors (Lipinski definition) is 5. The molecule has 1 heterocycles. The third-order valence-corrected chi connectivity index (χ3v) is 12.3. The van der Waals surface area contributed by atoms with Crippen LogP contribution in [0, 0.1) is 0 Å². The summed E-state index contributed by atoms with van der Waals surface area (Å²) in [6.45, 7) is 15.1. The molecule has 0 saturated carbocycles. The van der Waals surface area contributed by atoms with Gasteiger partial charge in [0.1, 0.15) is 5.60 Å². The van der Waals surface area contributed by atoms with Gasteiger partial charge in [-0.3, -0.25) is 10.1 Å². The highest BCUT2D eigenvalue weighted by atomic mass is 28.4. The zero-order valence-corrected chi connectivity index (χ0v) is 28.3. The lowest BCUT2D eigenvalue weighted by Gasteiger charge is -2.36. The number of rotatable bonds is 7. The first-order valence-corrected chi connectivity index (χ1v) is 17.8. The van der Waals surface area contributed by atoms with Gasteiger partial charge in [-0.1, -0.05) is 57.2 Å². The van der Waals surface area contributed by atoms with Crippen molar-refractivity contribution in [2.75, 3.05) is 10.6 Å². The van der Waals surface area contributed by atoms with Crippen LogP contribution >= 0.6 is 0 Å². The van der Waals surface area contributed by atoms with Crippen LogP contribution in [0.3, 0.4) is 0 Å². The van der Waals surface area contributed by atoms with E-state index in [-0.39, 0.29) is 28.5 Å². The van der Waals surface area contributed by atoms with E-state index in [0.29, 0.717) is 27.8 Å². The molecule has 0 fully saturated rings. The first kappa shape index (κ1) is 34.6. The van der Waals surface area contributed by atoms with Crippen molar-refractivity contribution in [1.29, 1.82) is 0 Å². The van der Waals surface area contributed by atoms with Gasteiger partial charge in [0.15, 0.2) is 8.32 Å². The van der Waals surface area contributed by atoms with Crippen LogP contribution in [0.2, 0.25) is 18.1 Å². The quantitative estimate of drug-likeness (QED) is 0.194. The van der Waals surface area contributed by atoms with Crippen molar-refractivity contribution in [3.05, 3.63) is 89.5 Å². The molecule has 2 amide bonds. The summed E-state index contributed by atoms with van der Waals surface area (Å²) >= 11 is 0. The fraction of sp³-hybridized carbons (Fsp3) is 0.343. The number of fused-ring (bicyclic) bond motifs is 1. The molecule has 0 radical (unpaired) electrons. The van der Waals surface area contributed by atoms with Crippen molar-refractivity contribution in [2.24, 2.45) is 0 Å². The Labute approximate surface area is 268 Å². The maximum absolute atomic E-state index is 14.2. The van der Waals surface area contributed by atoms with E-state index < -0.39 is 37.7 Å². The molecule has 4 rings (SSSR count). The summed E-state index contributed by atoms with van der Waals surface area (Å²) in [6, 6.07) is 19.3. The normalized spacial score (nSPS) is 12.6. The fourth-order valence-electron chi connectivity index (χ4n) is 4.36. The molecule has 11 heteroatoms. The van der Waals surface area contributed by atoms with E-state index >= 15 is 0 Å². The summed E-state index contributed by atoms with van der Waals surface area (Å²) in [7, 11) is -2.31. The fourth-order valence-corrected chi connectivity index (χ4v) is 5.31. The number of alkyl halides is 3. The summed E-state index contributed by atoms with van der Waals surface area (Å²) in [5.74, 6) is -0.623. The number of anilines is 2. The Morgan fingerprint density at radius 2 is 1.46 bits per heavy atom. The van der Waals surface area contributed by atoms with Crippen LogP contribution in [0.4, 0.5) is 29.3 Å². The maximum atomic E-state index is 14.2. The smallest absolute Gasteiger partial charge is 0.416 e. The van der Waals surface area contributed by atoms with Crippen molar-refractivity contribution in [3.8, 4) is 11.3 Å². The number of hydrogen-bond donors (Lipinski definition) is 2. The molecular formula is C35H40F3N3O4Si. The molecule has 0 aliphatic heterocycles. The predicted octanol–water partition coefficient (Wildman–Crippen LogP) is 10.0. The highest BCUT2D eigenvalue weighted by molar-refractivity contribution is 6.74. The van der Waals surface area contributed by atoms with Crippen LogP contribution in [0.25, 0.3) is 22.2 Å². The standard InChI is InChI=1S/C35H40F3N3O4Si/c1-33(2,3)45-32(43)40-25-16-13-22(14-17-25)30-27(19-23-11-9-10-12-29(23)41-30)31(42)39-26-18-15-24(28(20-26)35(36,37)38)21-44-46(7,8)34(4,5)6/h9-20H,21H2,1-8H3,(H,39,42)(H,40,43). The van der Waals surface area contributed by atoms with E-state index in [1.165, 1.54) is 12.1 Å². The second-order valence-corrected chi connectivity index (χ2v) is 18.5. The number of amides is 2. The molecule has 0 saturated heterocycles. The lowest BCUT2D eigenvalue weighted by Crippen LogP contribution is -2.40. The van der Waals surface area contributed by atoms with Gasteiger partial charge in [-0.15, -0.1) is 0 Å². The third-order valence-electron chi connectivity index (χ3n) is 7.84. The van der Waals surface area contributed by atoms with E-state index in [1.54, 1.807) is 63.2 Å². The number of pyridine rings is 1. The Bertz CT molecular complexity index is 1740. The van der Waals surface area contributed by atoms with Crippen molar-refractivity contribution < 1.29 is 31.9 Å². The molecule has 46 heavy (non-hydrogen) atoms. The molecule has 3 aromatic carbocycles. The van der Waals surface area contributed by atoms with Crippen molar-refractivity contribution in [1.82, 2.24) is 4.98 Å². The number of para-hydroxylation sites is 1. The van der Waals surface area contributed by atoms with Crippen LogP contribution < -0.4 is 10.6 Å². The second-order valence-electron chi connectivity index (χ2n) is 13.7. The summed E-state index contributed by atoms with van der Waals surface area (Å²) in [4.78, 5) is 30.6. The van der Waals surface area contributed by atoms with Crippen LogP contribution in [0.1, 0.15) is 63.0 Å². The number of halogens is 3. The summed E-state index contributed by atoms with van der Waals surface area (Å²) in [5.41, 5.74) is 0.640. The average molecular weight is 652 g/mol. The van der Waals surface area contributed by atoms with Gasteiger partial charge in [0, 0.05) is 22.3 Å². The Morgan fingerprint density at radius 3 is 2.07 bits per heavy atom. The zero-order valence-electron chi connectivity index (χ0n) is 27.3. The molecular weight excluding hydrogens is 611 g/mol. The number of carbonyl (C=O) groups is 2. The number of carbonyl (C=O) groups excluding carboxylic acids is 2. The lowest BCUT2D eigenvalue weighted by molar-refractivity contribution is -0.138. The first-order valence-electron chi connectivity index (χ1n) is 14.9. The largest absolute Gasteiger partial charge is 0.444 e. The molecule has 0 bridgehead atoms. The van der Waals surface area contributed by atoms with Gasteiger partial charge >= 0.3 is 12.3 Å². The molecule has 0 unspecified atom stereocenters. The molecule has 244 valence electrons. The molecule has 4 aromatic rings. The van der Waals surface area contributed by atoms with E-state index in [1.807, 2.05) is 46.0 Å². The van der Waals surface area contributed by atoms with Crippen LogP contribution in [-0.4, -0.2) is 30.9 Å². The van der Waals surface area contributed by atoms with Gasteiger partial charge in [0.25, 0.3) is 5.91 Å². The summed E-state index contributed by atoms with van der Waals surface area (Å²) in [5, 5.41) is 5.83. The topological polar surface area (TPSA) is 89.5 Å². The molecule has 2 N–H and O–H groups in total. The van der Waals surface area contributed by atoms with E-state index in [4.69, 9.17) is 14.1 Å². The van der Waals surface area contributed by atoms with Gasteiger partial charge in [-0.05, 0) is 80.9 Å². The number of aromatic nitrogens is 1. The van der Waals surface area contributed by atoms with Gasteiger partial charge < -0.3 is 14.5 Å². The van der Waals surface area contributed by atoms with Gasteiger partial charge in [-0.25, -0.2) is 9.78 Å². The minimum atomic E-state index is -4.66. The Kier molecular flexibility index (Phi) is 9.70. The number of nitrogens with zero attached hydrogens (tertiary/aromatic N) is 1. The molecule has 0 aliphatic rings. The monoisotopic (exact) mass is 651 g/mol. The Balaban J connectivity index is 1.65. The van der Waals surface area contributed by atoms with E-state index in [0.717, 1.165) is 6.07 Å². The van der Waals surface area contributed by atoms with Gasteiger partial charge in [0.2, 0.25) is 0 Å². The van der Waals surface area contributed by atoms with Crippen molar-refractivity contribution >= 4 is 42.6 Å². The van der Waals surface area contributed by atoms with Crippen LogP contribution in [0.15, 0.2) is 72.8 Å². The molecule has 0 aliphatic carbocycles. The summed E-state index contributed by atoms with van der Waals surface area (Å²) in [6.07, 6.45) is -5.27. The number of nitrogens with one attached hydrogen (secondary N) is 2. The van der Waals surface area contributed by atoms with E-state index in [9.17, 15) is 22.8 Å².